The molecule has 0 atom stereocenters. The standard InChI is InChI=1S/C28H24I2N2O5S/c1-3-36-21-9-7-20(8-10-21)31-25(33)15-32-27(34)24(38-28(32)35)14-19-12-22(29)26(23(30)13-19)37-16-18-6-4-5-17(2)11-18/h4-14H,3,15-16H2,1-2H3,(H,31,33)/b24-14+. The van der Waals surface area contributed by atoms with Crippen LogP contribution in [0.1, 0.15) is 23.6 Å². The van der Waals surface area contributed by atoms with Crippen molar-refractivity contribution in [3.8, 4) is 11.5 Å². The third-order valence-corrected chi connectivity index (χ3v) is 7.92. The van der Waals surface area contributed by atoms with E-state index in [0.717, 1.165) is 40.7 Å². The molecule has 10 heteroatoms. The van der Waals surface area contributed by atoms with Gasteiger partial charge in [0, 0.05) is 5.69 Å². The quantitative estimate of drug-likeness (QED) is 0.190. The summed E-state index contributed by atoms with van der Waals surface area (Å²) in [7, 11) is 0. The maximum atomic E-state index is 12.9. The monoisotopic (exact) mass is 754 g/mol. The van der Waals surface area contributed by atoms with Crippen molar-refractivity contribution in [2.24, 2.45) is 0 Å². The van der Waals surface area contributed by atoms with Crippen LogP contribution in [0.4, 0.5) is 10.5 Å². The molecule has 1 saturated heterocycles. The lowest BCUT2D eigenvalue weighted by Crippen LogP contribution is -2.36. The van der Waals surface area contributed by atoms with Crippen LogP contribution in [0.5, 0.6) is 11.5 Å². The molecule has 3 aromatic carbocycles. The van der Waals surface area contributed by atoms with Crippen LogP contribution in [0, 0.1) is 14.1 Å². The average molecular weight is 754 g/mol. The number of nitrogens with one attached hydrogen (secondary N) is 1. The molecule has 0 bridgehead atoms. The maximum absolute atomic E-state index is 12.9. The summed E-state index contributed by atoms with van der Waals surface area (Å²) in [5, 5.41) is 2.23. The Labute approximate surface area is 252 Å². The second kappa shape index (κ2) is 13.0. The minimum Gasteiger partial charge on any atom is -0.494 e. The Balaban J connectivity index is 1.40. The molecule has 1 aliphatic heterocycles. The summed E-state index contributed by atoms with van der Waals surface area (Å²) < 4.78 is 13.3. The smallest absolute Gasteiger partial charge is 0.294 e. The zero-order chi connectivity index (χ0) is 27.2. The lowest BCUT2D eigenvalue weighted by Gasteiger charge is -2.13. The molecule has 4 rings (SSSR count). The van der Waals surface area contributed by atoms with E-state index in [2.05, 4.69) is 56.6 Å². The van der Waals surface area contributed by atoms with Gasteiger partial charge in [-0.1, -0.05) is 29.8 Å². The largest absolute Gasteiger partial charge is 0.494 e. The van der Waals surface area contributed by atoms with Gasteiger partial charge in [-0.15, -0.1) is 0 Å². The first-order valence-corrected chi connectivity index (χ1v) is 14.7. The van der Waals surface area contributed by atoms with E-state index in [1.807, 2.05) is 44.2 Å². The van der Waals surface area contributed by atoms with Crippen molar-refractivity contribution in [1.29, 1.82) is 0 Å². The van der Waals surface area contributed by atoms with E-state index in [0.29, 0.717) is 24.7 Å². The number of carbonyl (C=O) groups is 3. The number of ether oxygens (including phenoxy) is 2. The van der Waals surface area contributed by atoms with E-state index >= 15 is 0 Å². The van der Waals surface area contributed by atoms with Crippen LogP contribution in [0.25, 0.3) is 6.08 Å². The van der Waals surface area contributed by atoms with Crippen molar-refractivity contribution in [2.45, 2.75) is 20.5 Å². The van der Waals surface area contributed by atoms with Crippen molar-refractivity contribution >= 4 is 85.8 Å². The number of carbonyl (C=O) groups excluding carboxylic acids is 3. The zero-order valence-electron chi connectivity index (χ0n) is 20.6. The molecule has 0 saturated carbocycles. The lowest BCUT2D eigenvalue weighted by molar-refractivity contribution is -0.127. The number of nitrogens with zero attached hydrogens (tertiary/aromatic N) is 1. The molecular weight excluding hydrogens is 730 g/mol. The number of halogens is 2. The highest BCUT2D eigenvalue weighted by atomic mass is 127. The summed E-state index contributed by atoms with van der Waals surface area (Å²) in [6, 6.07) is 18.8. The van der Waals surface area contributed by atoms with Crippen molar-refractivity contribution in [1.82, 2.24) is 4.90 Å². The molecule has 1 N–H and O–H groups in total. The first kappa shape index (κ1) is 28.4. The highest BCUT2D eigenvalue weighted by molar-refractivity contribution is 14.1. The highest BCUT2D eigenvalue weighted by Gasteiger charge is 2.36. The van der Waals surface area contributed by atoms with Crippen molar-refractivity contribution in [3.05, 3.63) is 89.4 Å². The Hall–Kier alpha value is -2.58. The zero-order valence-corrected chi connectivity index (χ0v) is 25.8. The Morgan fingerprint density at radius 1 is 1.03 bits per heavy atom. The van der Waals surface area contributed by atoms with E-state index in [9.17, 15) is 14.4 Å². The number of hydrogen-bond acceptors (Lipinski definition) is 6. The normalized spacial score (nSPS) is 14.2. The van der Waals surface area contributed by atoms with Crippen LogP contribution in [-0.2, 0) is 16.2 Å². The van der Waals surface area contributed by atoms with Gasteiger partial charge >= 0.3 is 0 Å². The van der Waals surface area contributed by atoms with Crippen LogP contribution in [0.3, 0.4) is 0 Å². The Morgan fingerprint density at radius 3 is 2.39 bits per heavy atom. The first-order valence-electron chi connectivity index (χ1n) is 11.7. The van der Waals surface area contributed by atoms with Gasteiger partial charge in [0.2, 0.25) is 5.91 Å². The predicted molar refractivity (Wildman–Crippen MR) is 166 cm³/mol. The predicted octanol–water partition coefficient (Wildman–Crippen LogP) is 6.86. The summed E-state index contributed by atoms with van der Waals surface area (Å²) in [6.45, 7) is 4.56. The maximum Gasteiger partial charge on any atom is 0.294 e. The summed E-state index contributed by atoms with van der Waals surface area (Å²) in [5.41, 5.74) is 3.58. The minimum absolute atomic E-state index is 0.267. The Morgan fingerprint density at radius 2 is 1.74 bits per heavy atom. The third-order valence-electron chi connectivity index (χ3n) is 5.41. The number of amides is 3. The molecule has 3 amide bonds. The number of rotatable bonds is 9. The molecule has 1 fully saturated rings. The van der Waals surface area contributed by atoms with Crippen molar-refractivity contribution in [3.63, 3.8) is 0 Å². The summed E-state index contributed by atoms with van der Waals surface area (Å²) in [6.07, 6.45) is 1.67. The second-order valence-electron chi connectivity index (χ2n) is 8.36. The van der Waals surface area contributed by atoms with Gasteiger partial charge in [-0.2, -0.15) is 0 Å². The molecule has 3 aromatic rings. The number of anilines is 1. The topological polar surface area (TPSA) is 84.9 Å². The van der Waals surface area contributed by atoms with Gasteiger partial charge in [-0.25, -0.2) is 0 Å². The van der Waals surface area contributed by atoms with Gasteiger partial charge in [0.25, 0.3) is 11.1 Å². The molecule has 7 nitrogen and oxygen atoms in total. The number of hydrogen-bond donors (Lipinski definition) is 1. The van der Waals surface area contributed by atoms with Crippen LogP contribution >= 0.6 is 56.9 Å². The highest BCUT2D eigenvalue weighted by Crippen LogP contribution is 2.35. The number of thioether (sulfide) groups is 1. The molecule has 1 aliphatic rings. The molecule has 196 valence electrons. The SMILES string of the molecule is CCOc1ccc(NC(=O)CN2C(=O)S/C(=C/c3cc(I)c(OCc4cccc(C)c4)c(I)c3)C2=O)cc1. The van der Waals surface area contributed by atoms with Crippen LogP contribution in [-0.4, -0.2) is 35.1 Å². The summed E-state index contributed by atoms with van der Waals surface area (Å²) in [5.74, 6) is 0.504. The van der Waals surface area contributed by atoms with Gasteiger partial charge in [-0.3, -0.25) is 19.3 Å². The van der Waals surface area contributed by atoms with Crippen LogP contribution in [0.2, 0.25) is 0 Å². The fourth-order valence-electron chi connectivity index (χ4n) is 3.69. The summed E-state index contributed by atoms with van der Waals surface area (Å²) in [4.78, 5) is 39.2. The fraction of sp³-hybridized carbons (Fsp3) is 0.179. The van der Waals surface area contributed by atoms with E-state index in [4.69, 9.17) is 9.47 Å². The van der Waals surface area contributed by atoms with Gasteiger partial charge in [0.15, 0.2) is 0 Å². The Kier molecular flexibility index (Phi) is 9.71. The average Bonchev–Trinajstić information content (AvgIpc) is 3.12. The second-order valence-corrected chi connectivity index (χ2v) is 11.7. The number of benzene rings is 3. The van der Waals surface area contributed by atoms with E-state index in [1.54, 1.807) is 30.3 Å². The van der Waals surface area contributed by atoms with Crippen molar-refractivity contribution in [2.75, 3.05) is 18.5 Å². The molecule has 0 spiro atoms. The van der Waals surface area contributed by atoms with E-state index < -0.39 is 17.1 Å². The van der Waals surface area contributed by atoms with Gasteiger partial charge in [0.05, 0.1) is 18.7 Å². The number of imide groups is 1. The van der Waals surface area contributed by atoms with E-state index in [-0.39, 0.29) is 11.4 Å². The third kappa shape index (κ3) is 7.29. The minimum atomic E-state index is -0.494. The fourth-order valence-corrected chi connectivity index (χ4v) is 6.66. The van der Waals surface area contributed by atoms with Gasteiger partial charge in [0.1, 0.15) is 24.7 Å². The van der Waals surface area contributed by atoms with Gasteiger partial charge in [-0.05, 0) is 124 Å². The van der Waals surface area contributed by atoms with E-state index in [1.165, 1.54) is 5.56 Å². The molecule has 0 aromatic heterocycles. The summed E-state index contributed by atoms with van der Waals surface area (Å²) >= 11 is 5.23. The Bertz CT molecular complexity index is 1390. The molecule has 0 unspecified atom stereocenters. The molecule has 1 heterocycles. The molecular formula is C28H24I2N2O5S. The molecule has 38 heavy (non-hydrogen) atoms. The van der Waals surface area contributed by atoms with Crippen molar-refractivity contribution < 1.29 is 23.9 Å². The van der Waals surface area contributed by atoms with Crippen LogP contribution < -0.4 is 14.8 Å². The molecule has 0 aliphatic carbocycles. The van der Waals surface area contributed by atoms with Crippen LogP contribution in [0.15, 0.2) is 65.6 Å². The molecule has 0 radical (unpaired) electrons. The number of aryl methyl sites for hydroxylation is 1. The first-order chi connectivity index (χ1) is 18.2. The lowest BCUT2D eigenvalue weighted by atomic mass is 10.1. The van der Waals surface area contributed by atoms with Gasteiger partial charge < -0.3 is 14.8 Å².